The van der Waals surface area contributed by atoms with E-state index in [2.05, 4.69) is 31.4 Å². The van der Waals surface area contributed by atoms with Crippen LogP contribution in [0.1, 0.15) is 4.88 Å². The quantitative estimate of drug-likeness (QED) is 0.909. The van der Waals surface area contributed by atoms with E-state index in [1.54, 1.807) is 17.5 Å². The largest absolute Gasteiger partial charge is 0.378 e. The number of H-pyrrole nitrogens is 1. The molecule has 2 N–H and O–H groups in total. The fourth-order valence-corrected chi connectivity index (χ4v) is 2.08. The van der Waals surface area contributed by atoms with Crippen molar-refractivity contribution >= 4 is 33.0 Å². The van der Waals surface area contributed by atoms with Gasteiger partial charge in [-0.3, -0.25) is 4.79 Å². The van der Waals surface area contributed by atoms with Crippen LogP contribution in [0.25, 0.3) is 0 Å². The first kappa shape index (κ1) is 10.4. The molecule has 0 amide bonds. The highest BCUT2D eigenvalue weighted by molar-refractivity contribution is 9.10. The van der Waals surface area contributed by atoms with Crippen LogP contribution in [0.15, 0.2) is 33.0 Å². The minimum atomic E-state index is -0.230. The molecule has 0 aromatic carbocycles. The van der Waals surface area contributed by atoms with E-state index in [0.29, 0.717) is 16.7 Å². The molecule has 2 heterocycles. The molecule has 0 atom stereocenters. The summed E-state index contributed by atoms with van der Waals surface area (Å²) in [5.74, 6) is 0. The number of hydrogen-bond acceptors (Lipinski definition) is 4. The van der Waals surface area contributed by atoms with Gasteiger partial charge >= 0.3 is 0 Å². The molecular formula is C9H8BrN3OS. The summed E-state index contributed by atoms with van der Waals surface area (Å²) in [6, 6.07) is 4.03. The van der Waals surface area contributed by atoms with Crippen LogP contribution >= 0.6 is 27.3 Å². The van der Waals surface area contributed by atoms with E-state index >= 15 is 0 Å². The van der Waals surface area contributed by atoms with Gasteiger partial charge in [0.15, 0.2) is 0 Å². The average Bonchev–Trinajstić information content (AvgIpc) is 2.73. The van der Waals surface area contributed by atoms with Gasteiger partial charge in [0, 0.05) is 11.4 Å². The lowest BCUT2D eigenvalue weighted by molar-refractivity contribution is 0.973. The Kier molecular flexibility index (Phi) is 3.17. The second-order valence-corrected chi connectivity index (χ2v) is 4.68. The second kappa shape index (κ2) is 4.59. The second-order valence-electron chi connectivity index (χ2n) is 2.86. The summed E-state index contributed by atoms with van der Waals surface area (Å²) in [6.45, 7) is 0.696. The average molecular weight is 286 g/mol. The number of halogens is 1. The number of aromatic nitrogens is 2. The molecule has 0 saturated carbocycles. The van der Waals surface area contributed by atoms with Crippen molar-refractivity contribution in [3.05, 3.63) is 43.4 Å². The van der Waals surface area contributed by atoms with Crippen molar-refractivity contribution in [3.8, 4) is 0 Å². The number of nitrogens with zero attached hydrogens (tertiary/aromatic N) is 1. The molecule has 0 aliphatic heterocycles. The molecule has 0 radical (unpaired) electrons. The maximum Gasteiger partial charge on any atom is 0.280 e. The Bertz CT molecular complexity index is 494. The zero-order valence-electron chi connectivity index (χ0n) is 7.66. The van der Waals surface area contributed by atoms with Crippen LogP contribution in [-0.2, 0) is 6.54 Å². The Balaban J connectivity index is 2.12. The molecule has 0 saturated heterocycles. The third-order valence-electron chi connectivity index (χ3n) is 1.83. The summed E-state index contributed by atoms with van der Waals surface area (Å²) in [7, 11) is 0. The van der Waals surface area contributed by atoms with E-state index in [1.807, 2.05) is 17.5 Å². The Morgan fingerprint density at radius 2 is 2.47 bits per heavy atom. The van der Waals surface area contributed by atoms with E-state index in [4.69, 9.17) is 0 Å². The topological polar surface area (TPSA) is 57.8 Å². The van der Waals surface area contributed by atoms with Crippen LogP contribution in [0.3, 0.4) is 0 Å². The Morgan fingerprint density at radius 3 is 3.20 bits per heavy atom. The normalized spacial score (nSPS) is 10.2. The lowest BCUT2D eigenvalue weighted by Crippen LogP contribution is -2.11. The molecule has 0 spiro atoms. The third-order valence-corrected chi connectivity index (χ3v) is 3.49. The first-order chi connectivity index (χ1) is 7.27. The smallest absolute Gasteiger partial charge is 0.280 e. The zero-order chi connectivity index (χ0) is 10.7. The number of thiophene rings is 1. The molecule has 2 aromatic heterocycles. The Hall–Kier alpha value is -1.14. The maximum atomic E-state index is 11.2. The van der Waals surface area contributed by atoms with Crippen molar-refractivity contribution in [1.29, 1.82) is 0 Å². The molecular weight excluding hydrogens is 278 g/mol. The molecule has 15 heavy (non-hydrogen) atoms. The number of hydrogen-bond donors (Lipinski definition) is 2. The van der Waals surface area contributed by atoms with E-state index < -0.39 is 0 Å². The highest BCUT2D eigenvalue weighted by Crippen LogP contribution is 2.17. The number of aromatic amines is 1. The first-order valence-electron chi connectivity index (χ1n) is 4.27. The van der Waals surface area contributed by atoms with Gasteiger partial charge in [0.05, 0.1) is 11.9 Å². The molecule has 0 fully saturated rings. The Morgan fingerprint density at radius 1 is 1.60 bits per heavy atom. The minimum Gasteiger partial charge on any atom is -0.378 e. The summed E-state index contributed by atoms with van der Waals surface area (Å²) in [5, 5.41) is 11.2. The predicted molar refractivity (Wildman–Crippen MR) is 64.2 cm³/mol. The van der Waals surface area contributed by atoms with E-state index in [9.17, 15) is 4.79 Å². The van der Waals surface area contributed by atoms with Crippen LogP contribution in [-0.4, -0.2) is 10.2 Å². The van der Waals surface area contributed by atoms with Crippen molar-refractivity contribution in [2.45, 2.75) is 6.54 Å². The van der Waals surface area contributed by atoms with Crippen molar-refractivity contribution in [2.75, 3.05) is 5.32 Å². The van der Waals surface area contributed by atoms with Gasteiger partial charge in [0.1, 0.15) is 4.47 Å². The number of rotatable bonds is 3. The van der Waals surface area contributed by atoms with E-state index in [0.717, 1.165) is 0 Å². The monoisotopic (exact) mass is 285 g/mol. The van der Waals surface area contributed by atoms with Crippen LogP contribution in [0.5, 0.6) is 0 Å². The maximum absolute atomic E-state index is 11.2. The molecule has 0 aliphatic carbocycles. The van der Waals surface area contributed by atoms with Crippen LogP contribution in [0.4, 0.5) is 5.69 Å². The standard InChI is InChI=1S/C9H8BrN3OS/c10-8-7(5-12-13-9(8)14)11-4-6-2-1-3-15-6/h1-3,5H,4H2,(H2,11,13,14). The molecule has 0 unspecified atom stereocenters. The lowest BCUT2D eigenvalue weighted by Gasteiger charge is -2.04. The van der Waals surface area contributed by atoms with Gasteiger partial charge in [0.25, 0.3) is 5.56 Å². The molecule has 2 rings (SSSR count). The number of nitrogens with one attached hydrogen (secondary N) is 2. The predicted octanol–water partition coefficient (Wildman–Crippen LogP) is 2.21. The van der Waals surface area contributed by atoms with Gasteiger partial charge in [-0.05, 0) is 27.4 Å². The molecule has 78 valence electrons. The highest BCUT2D eigenvalue weighted by atomic mass is 79.9. The van der Waals surface area contributed by atoms with E-state index in [-0.39, 0.29) is 5.56 Å². The van der Waals surface area contributed by atoms with Gasteiger partial charge in [0.2, 0.25) is 0 Å². The fourth-order valence-electron chi connectivity index (χ4n) is 1.10. The minimum absolute atomic E-state index is 0.230. The van der Waals surface area contributed by atoms with Gasteiger partial charge in [-0.15, -0.1) is 11.3 Å². The molecule has 0 aliphatic rings. The van der Waals surface area contributed by atoms with Crippen molar-refractivity contribution in [2.24, 2.45) is 0 Å². The summed E-state index contributed by atoms with van der Waals surface area (Å²) in [4.78, 5) is 12.4. The molecule has 4 nitrogen and oxygen atoms in total. The third kappa shape index (κ3) is 2.45. The summed E-state index contributed by atoms with van der Waals surface area (Å²) < 4.78 is 0.481. The SMILES string of the molecule is O=c1[nH]ncc(NCc2cccs2)c1Br. The lowest BCUT2D eigenvalue weighted by atomic mass is 10.4. The Labute approximate surface area is 98.5 Å². The van der Waals surface area contributed by atoms with Crippen LogP contribution in [0, 0.1) is 0 Å². The van der Waals surface area contributed by atoms with Crippen LogP contribution in [0.2, 0.25) is 0 Å². The first-order valence-corrected chi connectivity index (χ1v) is 5.94. The molecule has 2 aromatic rings. The summed E-state index contributed by atoms with van der Waals surface area (Å²) >= 11 is 4.87. The van der Waals surface area contributed by atoms with Crippen molar-refractivity contribution in [3.63, 3.8) is 0 Å². The van der Waals surface area contributed by atoms with Crippen LogP contribution < -0.4 is 10.9 Å². The van der Waals surface area contributed by atoms with Gasteiger partial charge in [-0.1, -0.05) is 6.07 Å². The van der Waals surface area contributed by atoms with Gasteiger partial charge in [-0.25, -0.2) is 5.10 Å². The van der Waals surface area contributed by atoms with Crippen molar-refractivity contribution in [1.82, 2.24) is 10.2 Å². The molecule has 6 heteroatoms. The molecule has 0 bridgehead atoms. The van der Waals surface area contributed by atoms with Gasteiger partial charge < -0.3 is 5.32 Å². The summed E-state index contributed by atoms with van der Waals surface area (Å²) in [5.41, 5.74) is 0.471. The van der Waals surface area contributed by atoms with Crippen molar-refractivity contribution < 1.29 is 0 Å². The zero-order valence-corrected chi connectivity index (χ0v) is 10.1. The van der Waals surface area contributed by atoms with Gasteiger partial charge in [-0.2, -0.15) is 5.10 Å². The summed E-state index contributed by atoms with van der Waals surface area (Å²) in [6.07, 6.45) is 1.58. The van der Waals surface area contributed by atoms with E-state index in [1.165, 1.54) is 4.88 Å². The highest BCUT2D eigenvalue weighted by Gasteiger charge is 2.03. The number of anilines is 1. The fraction of sp³-hybridized carbons (Fsp3) is 0.111.